The van der Waals surface area contributed by atoms with Crippen molar-refractivity contribution in [1.82, 2.24) is 0 Å². The van der Waals surface area contributed by atoms with E-state index >= 15 is 0 Å². The fourth-order valence-corrected chi connectivity index (χ4v) is 1.05. The number of isocyanates is 1. The Morgan fingerprint density at radius 1 is 1.42 bits per heavy atom. The second-order valence-corrected chi connectivity index (χ2v) is 3.26. The SMILES string of the molecule is CC(Cl)(N=C=O)c1ccccc1. The number of nitrogens with zero attached hydrogens (tertiary/aromatic N) is 1. The normalized spacial score (nSPS) is 14.5. The van der Waals surface area contributed by atoms with E-state index in [1.54, 1.807) is 6.92 Å². The van der Waals surface area contributed by atoms with Crippen LogP contribution in [0, 0.1) is 0 Å². The molecule has 1 unspecified atom stereocenters. The molecule has 0 amide bonds. The molecule has 0 aliphatic rings. The summed E-state index contributed by atoms with van der Waals surface area (Å²) in [7, 11) is 0. The highest BCUT2D eigenvalue weighted by Gasteiger charge is 2.21. The van der Waals surface area contributed by atoms with Gasteiger partial charge in [-0.25, -0.2) is 4.79 Å². The summed E-state index contributed by atoms with van der Waals surface area (Å²) in [6.45, 7) is 1.65. The number of carbonyl (C=O) groups excluding carboxylic acids is 1. The number of hydrogen-bond donors (Lipinski definition) is 0. The van der Waals surface area contributed by atoms with Gasteiger partial charge in [0.25, 0.3) is 0 Å². The highest BCUT2D eigenvalue weighted by atomic mass is 35.5. The van der Waals surface area contributed by atoms with Gasteiger partial charge in [-0.05, 0) is 12.5 Å². The fourth-order valence-electron chi connectivity index (χ4n) is 0.893. The second-order valence-electron chi connectivity index (χ2n) is 2.52. The van der Waals surface area contributed by atoms with E-state index in [1.807, 2.05) is 30.3 Å². The molecule has 0 aromatic heterocycles. The van der Waals surface area contributed by atoms with Crippen LogP contribution >= 0.6 is 11.6 Å². The lowest BCUT2D eigenvalue weighted by molar-refractivity contribution is 0.555. The quantitative estimate of drug-likeness (QED) is 0.298. The van der Waals surface area contributed by atoms with Crippen molar-refractivity contribution in [2.75, 3.05) is 0 Å². The average Bonchev–Trinajstić information content (AvgIpc) is 2.06. The predicted octanol–water partition coefficient (Wildman–Crippen LogP) is 2.43. The summed E-state index contributed by atoms with van der Waals surface area (Å²) in [5.41, 5.74) is 0.787. The minimum absolute atomic E-state index is 0.787. The molecule has 0 aliphatic heterocycles. The van der Waals surface area contributed by atoms with E-state index in [9.17, 15) is 4.79 Å². The van der Waals surface area contributed by atoms with Crippen molar-refractivity contribution >= 4 is 17.7 Å². The first kappa shape index (κ1) is 8.98. The van der Waals surface area contributed by atoms with Crippen molar-refractivity contribution in [3.05, 3.63) is 35.9 Å². The van der Waals surface area contributed by atoms with Gasteiger partial charge in [0.2, 0.25) is 6.08 Å². The van der Waals surface area contributed by atoms with Crippen molar-refractivity contribution in [3.63, 3.8) is 0 Å². The van der Waals surface area contributed by atoms with E-state index in [-0.39, 0.29) is 0 Å². The molecule has 0 bridgehead atoms. The van der Waals surface area contributed by atoms with Crippen LogP contribution < -0.4 is 0 Å². The number of benzene rings is 1. The van der Waals surface area contributed by atoms with Gasteiger partial charge in [0, 0.05) is 0 Å². The van der Waals surface area contributed by atoms with Crippen molar-refractivity contribution in [2.24, 2.45) is 4.99 Å². The zero-order valence-corrected chi connectivity index (χ0v) is 7.38. The third-order valence-electron chi connectivity index (χ3n) is 1.56. The lowest BCUT2D eigenvalue weighted by atomic mass is 10.1. The fraction of sp³-hybridized carbons (Fsp3) is 0.222. The third kappa shape index (κ3) is 1.94. The Balaban J connectivity index is 3.05. The van der Waals surface area contributed by atoms with Crippen LogP contribution in [0.2, 0.25) is 0 Å². The molecule has 1 aromatic carbocycles. The summed E-state index contributed by atoms with van der Waals surface area (Å²) in [4.78, 5) is 12.5. The molecule has 12 heavy (non-hydrogen) atoms. The maximum Gasteiger partial charge on any atom is 0.237 e. The third-order valence-corrected chi connectivity index (χ3v) is 1.86. The van der Waals surface area contributed by atoms with E-state index in [2.05, 4.69) is 4.99 Å². The molecule has 0 aliphatic carbocycles. The number of hydrogen-bond acceptors (Lipinski definition) is 2. The topological polar surface area (TPSA) is 29.4 Å². The highest BCUT2D eigenvalue weighted by molar-refractivity contribution is 6.23. The Labute approximate surface area is 75.9 Å². The first-order chi connectivity index (χ1) is 5.67. The van der Waals surface area contributed by atoms with Gasteiger partial charge in [-0.1, -0.05) is 41.9 Å². The van der Waals surface area contributed by atoms with Crippen molar-refractivity contribution in [2.45, 2.75) is 11.9 Å². The van der Waals surface area contributed by atoms with Gasteiger partial charge in [-0.15, -0.1) is 0 Å². The Morgan fingerprint density at radius 3 is 2.50 bits per heavy atom. The lowest BCUT2D eigenvalue weighted by Crippen LogP contribution is -2.08. The van der Waals surface area contributed by atoms with Crippen LogP contribution in [-0.2, 0) is 9.79 Å². The summed E-state index contributed by atoms with van der Waals surface area (Å²) in [5.74, 6) is 0. The zero-order valence-electron chi connectivity index (χ0n) is 6.62. The molecule has 0 radical (unpaired) electrons. The van der Waals surface area contributed by atoms with E-state index in [0.29, 0.717) is 0 Å². The average molecular weight is 182 g/mol. The van der Waals surface area contributed by atoms with Crippen LogP contribution in [0.25, 0.3) is 0 Å². The molecular formula is C9H8ClNO. The maximum atomic E-state index is 10.0. The number of aliphatic imine (C=N–C) groups is 1. The van der Waals surface area contributed by atoms with Gasteiger partial charge in [0.15, 0.2) is 5.00 Å². The van der Waals surface area contributed by atoms with E-state index < -0.39 is 5.00 Å². The predicted molar refractivity (Wildman–Crippen MR) is 47.8 cm³/mol. The van der Waals surface area contributed by atoms with Crippen LogP contribution in [0.1, 0.15) is 12.5 Å². The van der Waals surface area contributed by atoms with Crippen LogP contribution in [0.3, 0.4) is 0 Å². The standard InChI is InChI=1S/C9H8ClNO/c1-9(10,11-7-12)8-5-3-2-4-6-8/h2-6H,1H3. The Morgan fingerprint density at radius 2 is 2.00 bits per heavy atom. The number of alkyl halides is 1. The molecule has 0 fully saturated rings. The molecule has 0 saturated carbocycles. The molecule has 1 aromatic rings. The molecular weight excluding hydrogens is 174 g/mol. The minimum atomic E-state index is -0.983. The van der Waals surface area contributed by atoms with Crippen LogP contribution in [0.5, 0.6) is 0 Å². The van der Waals surface area contributed by atoms with Crippen molar-refractivity contribution in [3.8, 4) is 0 Å². The molecule has 0 saturated heterocycles. The van der Waals surface area contributed by atoms with E-state index in [4.69, 9.17) is 11.6 Å². The molecule has 1 atom stereocenters. The van der Waals surface area contributed by atoms with E-state index in [0.717, 1.165) is 5.56 Å². The molecule has 0 N–H and O–H groups in total. The summed E-state index contributed by atoms with van der Waals surface area (Å²) in [5, 5.41) is 0. The Kier molecular flexibility index (Phi) is 2.64. The summed E-state index contributed by atoms with van der Waals surface area (Å²) in [6.07, 6.45) is 1.45. The molecule has 0 spiro atoms. The van der Waals surface area contributed by atoms with Gasteiger partial charge < -0.3 is 0 Å². The lowest BCUT2D eigenvalue weighted by Gasteiger charge is -2.14. The first-order valence-electron chi connectivity index (χ1n) is 3.50. The minimum Gasteiger partial charge on any atom is -0.211 e. The van der Waals surface area contributed by atoms with Gasteiger partial charge in [-0.3, -0.25) is 0 Å². The monoisotopic (exact) mass is 181 g/mol. The Hall–Kier alpha value is -1.11. The smallest absolute Gasteiger partial charge is 0.211 e. The largest absolute Gasteiger partial charge is 0.237 e. The summed E-state index contributed by atoms with van der Waals surface area (Å²) in [6, 6.07) is 9.19. The molecule has 2 nitrogen and oxygen atoms in total. The van der Waals surface area contributed by atoms with Gasteiger partial charge in [-0.2, -0.15) is 4.99 Å². The van der Waals surface area contributed by atoms with Gasteiger partial charge in [0.1, 0.15) is 0 Å². The van der Waals surface area contributed by atoms with Gasteiger partial charge in [0.05, 0.1) is 0 Å². The van der Waals surface area contributed by atoms with E-state index in [1.165, 1.54) is 6.08 Å². The molecule has 62 valence electrons. The van der Waals surface area contributed by atoms with Crippen molar-refractivity contribution < 1.29 is 4.79 Å². The Bertz CT molecular complexity index is 302. The van der Waals surface area contributed by atoms with Crippen LogP contribution in [0.15, 0.2) is 35.3 Å². The maximum absolute atomic E-state index is 10.0. The summed E-state index contributed by atoms with van der Waals surface area (Å²) < 4.78 is 0. The molecule has 3 heteroatoms. The molecule has 1 rings (SSSR count). The first-order valence-corrected chi connectivity index (χ1v) is 3.88. The van der Waals surface area contributed by atoms with Crippen LogP contribution in [-0.4, -0.2) is 6.08 Å². The van der Waals surface area contributed by atoms with Gasteiger partial charge >= 0.3 is 0 Å². The number of halogens is 1. The second kappa shape index (κ2) is 3.53. The highest BCUT2D eigenvalue weighted by Crippen LogP contribution is 2.28. The summed E-state index contributed by atoms with van der Waals surface area (Å²) >= 11 is 5.93. The van der Waals surface area contributed by atoms with Crippen LogP contribution in [0.4, 0.5) is 0 Å². The molecule has 0 heterocycles. The number of rotatable bonds is 2. The van der Waals surface area contributed by atoms with Crippen molar-refractivity contribution in [1.29, 1.82) is 0 Å². The zero-order chi connectivity index (χ0) is 9.03.